The fraction of sp³-hybridized carbons (Fsp3) is 0.310. The fourth-order valence-electron chi connectivity index (χ4n) is 4.14. The van der Waals surface area contributed by atoms with Crippen LogP contribution in [0.5, 0.6) is 0 Å². The molecule has 1 N–H and O–H groups in total. The van der Waals surface area contributed by atoms with Gasteiger partial charge < -0.3 is 10.2 Å². The smallest absolute Gasteiger partial charge is 0.269 e. The van der Waals surface area contributed by atoms with Gasteiger partial charge in [-0.05, 0) is 57.0 Å². The number of hydrogen-bond acceptors (Lipinski definition) is 6. The van der Waals surface area contributed by atoms with E-state index in [9.17, 15) is 28.1 Å². The number of hydrogen-bond donors (Lipinski definition) is 1. The van der Waals surface area contributed by atoms with Crippen molar-refractivity contribution in [2.24, 2.45) is 0 Å². The molecule has 0 heterocycles. The molecule has 3 rings (SSSR count). The zero-order valence-electron chi connectivity index (χ0n) is 23.0. The van der Waals surface area contributed by atoms with Crippen molar-refractivity contribution in [2.75, 3.05) is 10.8 Å². The van der Waals surface area contributed by atoms with E-state index in [1.165, 1.54) is 41.3 Å². The zero-order chi connectivity index (χ0) is 29.5. The molecule has 0 fully saturated rings. The molecular weight excluding hydrogens is 532 g/mol. The van der Waals surface area contributed by atoms with Crippen LogP contribution in [0.25, 0.3) is 0 Å². The highest BCUT2D eigenvalue weighted by Gasteiger charge is 2.34. The molecule has 2 amide bonds. The van der Waals surface area contributed by atoms with Crippen LogP contribution in [-0.4, -0.2) is 48.2 Å². The number of nitro groups is 1. The van der Waals surface area contributed by atoms with Crippen LogP contribution in [0.2, 0.25) is 0 Å². The van der Waals surface area contributed by atoms with E-state index >= 15 is 0 Å². The lowest BCUT2D eigenvalue weighted by molar-refractivity contribution is -0.384. The Balaban J connectivity index is 2.06. The highest BCUT2D eigenvalue weighted by Crippen LogP contribution is 2.26. The minimum absolute atomic E-state index is 0.0479. The molecule has 11 heteroatoms. The Kier molecular flexibility index (Phi) is 9.65. The number of carbonyl (C=O) groups is 2. The molecule has 0 aliphatic heterocycles. The van der Waals surface area contributed by atoms with E-state index in [2.05, 4.69) is 5.32 Å². The van der Waals surface area contributed by atoms with E-state index in [0.29, 0.717) is 6.42 Å². The van der Waals surface area contributed by atoms with Gasteiger partial charge in [-0.1, -0.05) is 55.5 Å². The van der Waals surface area contributed by atoms with E-state index in [1.54, 1.807) is 25.1 Å². The van der Waals surface area contributed by atoms with Gasteiger partial charge in [0.25, 0.3) is 15.7 Å². The first-order valence-electron chi connectivity index (χ1n) is 12.8. The quantitative estimate of drug-likeness (QED) is 0.268. The second-order valence-corrected chi connectivity index (χ2v) is 12.1. The molecule has 0 saturated carbocycles. The van der Waals surface area contributed by atoms with Gasteiger partial charge in [0.15, 0.2) is 0 Å². The van der Waals surface area contributed by atoms with Crippen molar-refractivity contribution in [3.63, 3.8) is 0 Å². The van der Waals surface area contributed by atoms with Gasteiger partial charge in [0.05, 0.1) is 15.5 Å². The van der Waals surface area contributed by atoms with Crippen molar-refractivity contribution in [3.05, 3.63) is 101 Å². The lowest BCUT2D eigenvalue weighted by Gasteiger charge is -2.34. The summed E-state index contributed by atoms with van der Waals surface area (Å²) in [6.45, 7) is 6.75. The van der Waals surface area contributed by atoms with Crippen LogP contribution in [0.1, 0.15) is 39.7 Å². The lowest BCUT2D eigenvalue weighted by Crippen LogP contribution is -2.55. The van der Waals surface area contributed by atoms with Crippen LogP contribution in [0, 0.1) is 10.1 Å². The van der Waals surface area contributed by atoms with Gasteiger partial charge in [-0.2, -0.15) is 0 Å². The minimum atomic E-state index is -4.25. The van der Waals surface area contributed by atoms with Gasteiger partial charge in [-0.15, -0.1) is 0 Å². The number of nitro benzene ring substituents is 1. The molecule has 3 aromatic rings. The van der Waals surface area contributed by atoms with E-state index in [-0.39, 0.29) is 28.7 Å². The van der Waals surface area contributed by atoms with E-state index < -0.39 is 39.0 Å². The van der Waals surface area contributed by atoms with Crippen LogP contribution in [0.3, 0.4) is 0 Å². The lowest BCUT2D eigenvalue weighted by atomic mass is 10.1. The summed E-state index contributed by atoms with van der Waals surface area (Å²) in [6.07, 6.45) is 0.295. The molecule has 0 aromatic heterocycles. The second kappa shape index (κ2) is 12.7. The molecule has 3 aromatic carbocycles. The molecule has 1 unspecified atom stereocenters. The standard InChI is InChI=1S/C29H34N4O6S/c1-5-26(28(35)30-29(2,3)4)31(20-22-12-8-6-9-13-22)27(34)21-32(23-16-18-24(19-17-23)33(36)37)40(38,39)25-14-10-7-11-15-25/h6-19,26H,5,20-21H2,1-4H3,(H,30,35). The monoisotopic (exact) mass is 566 g/mol. The minimum Gasteiger partial charge on any atom is -0.350 e. The highest BCUT2D eigenvalue weighted by atomic mass is 32.2. The van der Waals surface area contributed by atoms with Crippen molar-refractivity contribution in [1.29, 1.82) is 0 Å². The predicted octanol–water partition coefficient (Wildman–Crippen LogP) is 4.51. The first-order valence-corrected chi connectivity index (χ1v) is 14.2. The maximum absolute atomic E-state index is 14.0. The normalized spacial score (nSPS) is 12.3. The second-order valence-electron chi connectivity index (χ2n) is 10.3. The highest BCUT2D eigenvalue weighted by molar-refractivity contribution is 7.92. The number of nitrogens with one attached hydrogen (secondary N) is 1. The van der Waals surface area contributed by atoms with Crippen molar-refractivity contribution in [1.82, 2.24) is 10.2 Å². The first-order chi connectivity index (χ1) is 18.8. The summed E-state index contributed by atoms with van der Waals surface area (Å²) >= 11 is 0. The largest absolute Gasteiger partial charge is 0.350 e. The molecule has 1 atom stereocenters. The Morgan fingerprint density at radius 1 is 0.925 bits per heavy atom. The van der Waals surface area contributed by atoms with Crippen molar-refractivity contribution in [2.45, 2.75) is 57.1 Å². The summed E-state index contributed by atoms with van der Waals surface area (Å²) < 4.78 is 28.5. The SMILES string of the molecule is CCC(C(=O)NC(C)(C)C)N(Cc1ccccc1)C(=O)CN(c1ccc([N+](=O)[O-])cc1)S(=O)(=O)c1ccccc1. The van der Waals surface area contributed by atoms with Gasteiger partial charge in [0, 0.05) is 24.2 Å². The number of anilines is 1. The number of benzene rings is 3. The van der Waals surface area contributed by atoms with Crippen molar-refractivity contribution < 1.29 is 22.9 Å². The Hall–Kier alpha value is -4.25. The van der Waals surface area contributed by atoms with Crippen LogP contribution in [-0.2, 0) is 26.2 Å². The third-order valence-corrected chi connectivity index (χ3v) is 7.83. The number of non-ortho nitro benzene ring substituents is 1. The number of carbonyl (C=O) groups excluding carboxylic acids is 2. The third kappa shape index (κ3) is 7.66. The van der Waals surface area contributed by atoms with Crippen LogP contribution < -0.4 is 9.62 Å². The van der Waals surface area contributed by atoms with Crippen molar-refractivity contribution in [3.8, 4) is 0 Å². The van der Waals surface area contributed by atoms with E-state index in [4.69, 9.17) is 0 Å². The summed E-state index contributed by atoms with van der Waals surface area (Å²) in [7, 11) is -4.25. The number of rotatable bonds is 11. The van der Waals surface area contributed by atoms with E-state index in [1.807, 2.05) is 51.1 Å². The van der Waals surface area contributed by atoms with Gasteiger partial charge in [0.2, 0.25) is 11.8 Å². The molecule has 0 bridgehead atoms. The maximum Gasteiger partial charge on any atom is 0.269 e. The van der Waals surface area contributed by atoms with Crippen LogP contribution in [0.15, 0.2) is 89.8 Å². The van der Waals surface area contributed by atoms with Gasteiger partial charge in [-0.3, -0.25) is 24.0 Å². The first kappa shape index (κ1) is 30.3. The van der Waals surface area contributed by atoms with Gasteiger partial charge in [-0.25, -0.2) is 8.42 Å². The average molecular weight is 567 g/mol. The van der Waals surface area contributed by atoms with Crippen LogP contribution in [0.4, 0.5) is 11.4 Å². The summed E-state index contributed by atoms with van der Waals surface area (Å²) in [6, 6.07) is 20.8. The summed E-state index contributed by atoms with van der Waals surface area (Å²) in [5.41, 5.74) is 0.0796. The Labute approximate surface area is 234 Å². The Morgan fingerprint density at radius 2 is 1.48 bits per heavy atom. The molecule has 0 saturated heterocycles. The topological polar surface area (TPSA) is 130 Å². The Morgan fingerprint density at radius 3 is 1.98 bits per heavy atom. The van der Waals surface area contributed by atoms with Crippen LogP contribution >= 0.6 is 0 Å². The summed E-state index contributed by atoms with van der Waals surface area (Å²) in [5.74, 6) is -0.954. The molecule has 0 radical (unpaired) electrons. The van der Waals surface area contributed by atoms with E-state index in [0.717, 1.165) is 9.87 Å². The van der Waals surface area contributed by atoms with Crippen molar-refractivity contribution >= 4 is 33.2 Å². The fourth-order valence-corrected chi connectivity index (χ4v) is 5.58. The molecule has 0 spiro atoms. The van der Waals surface area contributed by atoms with Gasteiger partial charge >= 0.3 is 0 Å². The molecule has 0 aliphatic carbocycles. The predicted molar refractivity (Wildman–Crippen MR) is 153 cm³/mol. The average Bonchev–Trinajstić information content (AvgIpc) is 2.91. The molecule has 40 heavy (non-hydrogen) atoms. The maximum atomic E-state index is 14.0. The molecule has 212 valence electrons. The third-order valence-electron chi connectivity index (χ3n) is 6.04. The molecular formula is C29H34N4O6S. The van der Waals surface area contributed by atoms with Gasteiger partial charge in [0.1, 0.15) is 12.6 Å². The number of nitrogens with zero attached hydrogens (tertiary/aromatic N) is 3. The Bertz CT molecular complexity index is 1420. The number of sulfonamides is 1. The summed E-state index contributed by atoms with van der Waals surface area (Å²) in [4.78, 5) is 39.2. The summed E-state index contributed by atoms with van der Waals surface area (Å²) in [5, 5.41) is 14.1. The zero-order valence-corrected chi connectivity index (χ0v) is 23.8. The molecule has 10 nitrogen and oxygen atoms in total. The number of amides is 2. The molecule has 0 aliphatic rings.